The molecular formula is C22H27F3N4O. The molecular weight excluding hydrogens is 393 g/mol. The molecule has 3 rings (SSSR count). The summed E-state index contributed by atoms with van der Waals surface area (Å²) >= 11 is 0. The van der Waals surface area contributed by atoms with Crippen molar-refractivity contribution in [2.24, 2.45) is 5.73 Å². The fraction of sp³-hybridized carbons (Fsp3) is 0.318. The van der Waals surface area contributed by atoms with Crippen molar-refractivity contribution in [3.8, 4) is 0 Å². The number of piperidine rings is 1. The Labute approximate surface area is 174 Å². The van der Waals surface area contributed by atoms with Gasteiger partial charge in [0.25, 0.3) is 0 Å². The van der Waals surface area contributed by atoms with Gasteiger partial charge in [-0.15, -0.1) is 0 Å². The van der Waals surface area contributed by atoms with Crippen molar-refractivity contribution in [3.05, 3.63) is 65.9 Å². The molecule has 0 aromatic heterocycles. The van der Waals surface area contributed by atoms with Crippen LogP contribution < -0.4 is 21.7 Å². The maximum atomic E-state index is 12.7. The van der Waals surface area contributed by atoms with Gasteiger partial charge in [0.15, 0.2) is 0 Å². The Morgan fingerprint density at radius 2 is 1.77 bits per heavy atom. The number of hydrogen-bond acceptors (Lipinski definition) is 4. The Morgan fingerprint density at radius 1 is 1.07 bits per heavy atom. The molecule has 1 heterocycles. The van der Waals surface area contributed by atoms with E-state index in [9.17, 15) is 13.2 Å². The Balaban J connectivity index is 0.00000101. The fourth-order valence-corrected chi connectivity index (χ4v) is 3.24. The van der Waals surface area contributed by atoms with E-state index in [2.05, 4.69) is 28.1 Å². The van der Waals surface area contributed by atoms with Crippen molar-refractivity contribution in [2.75, 3.05) is 29.0 Å². The zero-order valence-electron chi connectivity index (χ0n) is 16.7. The normalized spacial score (nSPS) is 14.2. The van der Waals surface area contributed by atoms with Crippen LogP contribution in [0.5, 0.6) is 0 Å². The minimum Gasteiger partial charge on any atom is -0.398 e. The molecule has 0 unspecified atom stereocenters. The van der Waals surface area contributed by atoms with Gasteiger partial charge in [-0.3, -0.25) is 4.79 Å². The highest BCUT2D eigenvalue weighted by Gasteiger charge is 2.30. The van der Waals surface area contributed by atoms with Gasteiger partial charge in [0.2, 0.25) is 6.41 Å². The molecule has 1 amide bonds. The molecule has 0 aliphatic carbocycles. The fourth-order valence-electron chi connectivity index (χ4n) is 3.24. The summed E-state index contributed by atoms with van der Waals surface area (Å²) in [5.41, 5.74) is 12.9. The van der Waals surface area contributed by atoms with Gasteiger partial charge in [0.1, 0.15) is 0 Å². The van der Waals surface area contributed by atoms with Gasteiger partial charge in [-0.25, -0.2) is 0 Å². The van der Waals surface area contributed by atoms with Crippen LogP contribution in [-0.2, 0) is 17.4 Å². The van der Waals surface area contributed by atoms with Gasteiger partial charge in [-0.1, -0.05) is 12.1 Å². The van der Waals surface area contributed by atoms with Crippen molar-refractivity contribution in [3.63, 3.8) is 0 Å². The highest BCUT2D eigenvalue weighted by Crippen LogP contribution is 2.30. The second kappa shape index (κ2) is 11.1. The smallest absolute Gasteiger partial charge is 0.398 e. The number of anilines is 3. The molecule has 2 aromatic carbocycles. The summed E-state index contributed by atoms with van der Waals surface area (Å²) in [5, 5.41) is 2.89. The minimum absolute atomic E-state index is 0.250. The lowest BCUT2D eigenvalue weighted by Gasteiger charge is -2.29. The van der Waals surface area contributed by atoms with Crippen LogP contribution >= 0.6 is 0 Å². The summed E-state index contributed by atoms with van der Waals surface area (Å²) in [6, 6.07) is 11.2. The quantitative estimate of drug-likeness (QED) is 0.490. The van der Waals surface area contributed by atoms with Crippen LogP contribution in [-0.4, -0.2) is 19.5 Å². The zero-order chi connectivity index (χ0) is 22.0. The highest BCUT2D eigenvalue weighted by atomic mass is 19.4. The number of hydrogen-bond donors (Lipinski definition) is 3. The summed E-state index contributed by atoms with van der Waals surface area (Å²) in [5.74, 6) is 0. The molecule has 1 aliphatic heterocycles. The number of primary amides is 1. The average Bonchev–Trinajstić information content (AvgIpc) is 2.73. The van der Waals surface area contributed by atoms with Crippen LogP contribution in [0.4, 0.5) is 30.2 Å². The zero-order valence-corrected chi connectivity index (χ0v) is 16.7. The Morgan fingerprint density at radius 3 is 2.43 bits per heavy atom. The lowest BCUT2D eigenvalue weighted by molar-refractivity contribution is -0.137. The van der Waals surface area contributed by atoms with E-state index in [1.165, 1.54) is 31.0 Å². The number of amides is 1. The SMILES string of the molecule is NC=O.Nc1ccc(N2CCCCC2)cc1C/C=C\Nc1cccc(C(F)(F)F)c1. The lowest BCUT2D eigenvalue weighted by Crippen LogP contribution is -2.29. The predicted molar refractivity (Wildman–Crippen MR) is 115 cm³/mol. The Kier molecular flexibility index (Phi) is 8.58. The van der Waals surface area contributed by atoms with Crippen LogP contribution in [0.25, 0.3) is 0 Å². The monoisotopic (exact) mass is 420 g/mol. The largest absolute Gasteiger partial charge is 0.416 e. The van der Waals surface area contributed by atoms with Gasteiger partial charge < -0.3 is 21.7 Å². The Bertz CT molecular complexity index is 847. The number of nitrogens with one attached hydrogen (secondary N) is 1. The molecule has 5 nitrogen and oxygen atoms in total. The molecule has 0 radical (unpaired) electrons. The van der Waals surface area contributed by atoms with E-state index < -0.39 is 11.7 Å². The standard InChI is InChI=1S/C21H24F3N3.CH3NO/c22-21(23,24)17-7-4-8-18(15-17)26-11-5-6-16-14-19(9-10-20(16)25)27-12-2-1-3-13-27;2-1-3/h4-5,7-11,14-15,26H,1-3,6,12-13,25H2;1H,(H2,2,3)/b11-5-;. The molecule has 0 bridgehead atoms. The molecule has 1 saturated heterocycles. The van der Waals surface area contributed by atoms with Crippen LogP contribution in [0.3, 0.4) is 0 Å². The van der Waals surface area contributed by atoms with Gasteiger partial charge in [-0.2, -0.15) is 13.2 Å². The third kappa shape index (κ3) is 7.02. The number of carbonyl (C=O) groups excluding carboxylic acids is 1. The van der Waals surface area contributed by atoms with E-state index in [-0.39, 0.29) is 6.41 Å². The van der Waals surface area contributed by atoms with E-state index in [4.69, 9.17) is 10.5 Å². The van der Waals surface area contributed by atoms with E-state index in [1.807, 2.05) is 12.1 Å². The van der Waals surface area contributed by atoms with E-state index >= 15 is 0 Å². The molecule has 0 saturated carbocycles. The van der Waals surface area contributed by atoms with Crippen molar-refractivity contribution in [2.45, 2.75) is 31.9 Å². The Hall–Kier alpha value is -3.16. The number of halogens is 3. The number of allylic oxidation sites excluding steroid dienone is 1. The summed E-state index contributed by atoms with van der Waals surface area (Å²) < 4.78 is 38.2. The first-order chi connectivity index (χ1) is 14.3. The van der Waals surface area contributed by atoms with Crippen LogP contribution in [0.1, 0.15) is 30.4 Å². The maximum Gasteiger partial charge on any atom is 0.416 e. The number of rotatable bonds is 5. The second-order valence-corrected chi connectivity index (χ2v) is 6.90. The molecule has 2 aromatic rings. The molecule has 0 atom stereocenters. The number of nitrogens with zero attached hydrogens (tertiary/aromatic N) is 1. The molecule has 5 N–H and O–H groups in total. The number of carbonyl (C=O) groups is 1. The predicted octanol–water partition coefficient (Wildman–Crippen LogP) is 4.55. The third-order valence-electron chi connectivity index (χ3n) is 4.74. The summed E-state index contributed by atoms with van der Waals surface area (Å²) in [7, 11) is 0. The molecule has 1 aliphatic rings. The molecule has 8 heteroatoms. The first-order valence-electron chi connectivity index (χ1n) is 9.72. The third-order valence-corrected chi connectivity index (χ3v) is 4.74. The van der Waals surface area contributed by atoms with Gasteiger partial charge in [0, 0.05) is 30.2 Å². The lowest BCUT2D eigenvalue weighted by atomic mass is 10.1. The van der Waals surface area contributed by atoms with Crippen molar-refractivity contribution in [1.82, 2.24) is 0 Å². The summed E-state index contributed by atoms with van der Waals surface area (Å²) in [4.78, 5) is 11.0. The van der Waals surface area contributed by atoms with Gasteiger partial charge >= 0.3 is 6.18 Å². The second-order valence-electron chi connectivity index (χ2n) is 6.90. The van der Waals surface area contributed by atoms with Gasteiger partial charge in [-0.05, 0) is 73.8 Å². The number of nitrogen functional groups attached to an aromatic ring is 1. The van der Waals surface area contributed by atoms with Crippen molar-refractivity contribution in [1.29, 1.82) is 0 Å². The molecule has 1 fully saturated rings. The van der Waals surface area contributed by atoms with E-state index in [1.54, 1.807) is 12.3 Å². The van der Waals surface area contributed by atoms with Crippen molar-refractivity contribution < 1.29 is 18.0 Å². The van der Waals surface area contributed by atoms with Gasteiger partial charge in [0.05, 0.1) is 5.56 Å². The summed E-state index contributed by atoms with van der Waals surface area (Å²) in [6.45, 7) is 2.13. The molecule has 162 valence electrons. The van der Waals surface area contributed by atoms with E-state index in [0.29, 0.717) is 12.1 Å². The first kappa shape index (κ1) is 23.1. The van der Waals surface area contributed by atoms with Crippen LogP contribution in [0.2, 0.25) is 0 Å². The van der Waals surface area contributed by atoms with Crippen LogP contribution in [0.15, 0.2) is 54.7 Å². The number of benzene rings is 2. The summed E-state index contributed by atoms with van der Waals surface area (Å²) in [6.07, 6.45) is 3.74. The molecule has 0 spiro atoms. The molecule has 30 heavy (non-hydrogen) atoms. The average molecular weight is 420 g/mol. The number of alkyl halides is 3. The van der Waals surface area contributed by atoms with Crippen molar-refractivity contribution >= 4 is 23.5 Å². The van der Waals surface area contributed by atoms with E-state index in [0.717, 1.165) is 36.5 Å². The first-order valence-corrected chi connectivity index (χ1v) is 9.72. The number of nitrogens with two attached hydrogens (primary N) is 2. The van der Waals surface area contributed by atoms with Crippen LogP contribution in [0, 0.1) is 0 Å². The topological polar surface area (TPSA) is 84.4 Å². The maximum absolute atomic E-state index is 12.7. The minimum atomic E-state index is -4.34. The highest BCUT2D eigenvalue weighted by molar-refractivity contribution is 5.59.